The fourth-order valence-electron chi connectivity index (χ4n) is 1.07. The Labute approximate surface area is 139 Å². The van der Waals surface area contributed by atoms with Crippen LogP contribution in [0, 0.1) is 6.07 Å². The maximum atomic E-state index is 11.3. The fourth-order valence-corrected chi connectivity index (χ4v) is 1.07. The van der Waals surface area contributed by atoms with Gasteiger partial charge in [0.1, 0.15) is 0 Å². The first kappa shape index (κ1) is 15.0. The van der Waals surface area contributed by atoms with E-state index in [1.165, 1.54) is 17.2 Å². The van der Waals surface area contributed by atoms with Gasteiger partial charge in [-0.25, -0.2) is 0 Å². The van der Waals surface area contributed by atoms with Crippen LogP contribution in [-0.4, -0.2) is 10.8 Å². The smallest absolute Gasteiger partial charge is 0.314 e. The average molecular weight is 272 g/mol. The van der Waals surface area contributed by atoms with Gasteiger partial charge in [0.25, 0.3) is 0 Å². The summed E-state index contributed by atoms with van der Waals surface area (Å²) in [5.41, 5.74) is 1.04. The van der Waals surface area contributed by atoms with Crippen LogP contribution in [0.4, 0.5) is 0 Å². The van der Waals surface area contributed by atoms with Gasteiger partial charge in [0, 0.05) is 12.7 Å². The molecular formula is C12H12NORb. The molecule has 0 aliphatic heterocycles. The Bertz CT molecular complexity index is 335. The Hall–Kier alpha value is -0.0248. The summed E-state index contributed by atoms with van der Waals surface area (Å²) in [6.45, 7) is 7.52. The molecular weight excluding hydrogens is 260 g/mol. The normalized spacial score (nSPS) is 8.53. The molecule has 72 valence electrons. The van der Waals surface area contributed by atoms with Gasteiger partial charge in [-0.3, -0.25) is 4.79 Å². The minimum absolute atomic E-state index is 0. The molecule has 0 N–H and O–H groups in total. The summed E-state index contributed by atoms with van der Waals surface area (Å²) >= 11 is 0. The van der Waals surface area contributed by atoms with Crippen LogP contribution in [0.5, 0.6) is 0 Å². The summed E-state index contributed by atoms with van der Waals surface area (Å²) in [6.07, 6.45) is 2.78. The molecule has 0 aromatic heterocycles. The van der Waals surface area contributed by atoms with E-state index in [4.69, 9.17) is 0 Å². The third kappa shape index (κ3) is 5.02. The van der Waals surface area contributed by atoms with Gasteiger partial charge < -0.3 is 4.90 Å². The zero-order valence-electron chi connectivity index (χ0n) is 8.94. The quantitative estimate of drug-likeness (QED) is 0.516. The molecule has 0 radical (unpaired) electrons. The zero-order chi connectivity index (χ0) is 10.4. The number of rotatable bonds is 4. The van der Waals surface area contributed by atoms with E-state index >= 15 is 0 Å². The molecule has 2 nitrogen and oxygen atoms in total. The van der Waals surface area contributed by atoms with Gasteiger partial charge in [0.05, 0.1) is 0 Å². The predicted molar refractivity (Wildman–Crippen MR) is 56.2 cm³/mol. The first-order chi connectivity index (χ1) is 6.77. The molecule has 0 spiro atoms. The van der Waals surface area contributed by atoms with Crippen molar-refractivity contribution in [3.63, 3.8) is 0 Å². The number of amides is 1. The Balaban J connectivity index is 0.00000196. The minimum Gasteiger partial charge on any atom is -0.314 e. The molecule has 15 heavy (non-hydrogen) atoms. The van der Waals surface area contributed by atoms with Crippen molar-refractivity contribution in [2.24, 2.45) is 0 Å². The standard InChI is InChI=1S/C12H12NO.Rb/c1-3-12(14)13(4-2)10-11-8-6-5-7-9-11;/h3-4,6-9H,1-2,10H2;/q-1;+1. The van der Waals surface area contributed by atoms with E-state index in [1.807, 2.05) is 24.3 Å². The summed E-state index contributed by atoms with van der Waals surface area (Å²) in [6, 6.07) is 10.4. The summed E-state index contributed by atoms with van der Waals surface area (Å²) in [7, 11) is 0. The van der Waals surface area contributed by atoms with Crippen LogP contribution in [0.25, 0.3) is 0 Å². The first-order valence-corrected chi connectivity index (χ1v) is 4.28. The van der Waals surface area contributed by atoms with Crippen LogP contribution in [0.15, 0.2) is 49.7 Å². The van der Waals surface area contributed by atoms with Crippen LogP contribution >= 0.6 is 0 Å². The summed E-state index contributed by atoms with van der Waals surface area (Å²) in [5.74, 6) is -0.146. The van der Waals surface area contributed by atoms with Crippen molar-refractivity contribution in [3.8, 4) is 0 Å². The Morgan fingerprint density at radius 1 is 1.40 bits per heavy atom. The van der Waals surface area contributed by atoms with Crippen LogP contribution in [0.2, 0.25) is 0 Å². The Morgan fingerprint density at radius 2 is 2.00 bits per heavy atom. The van der Waals surface area contributed by atoms with E-state index in [1.54, 1.807) is 0 Å². The molecule has 0 fully saturated rings. The third-order valence-corrected chi connectivity index (χ3v) is 1.82. The number of carbonyl (C=O) groups excluding carboxylic acids is 1. The summed E-state index contributed by atoms with van der Waals surface area (Å²) < 4.78 is 0. The molecule has 1 aromatic carbocycles. The Morgan fingerprint density at radius 3 is 2.47 bits per heavy atom. The zero-order valence-corrected chi connectivity index (χ0v) is 13.9. The molecule has 0 bridgehead atoms. The maximum Gasteiger partial charge on any atom is 1.00 e. The van der Waals surface area contributed by atoms with E-state index in [2.05, 4.69) is 19.2 Å². The number of benzene rings is 1. The van der Waals surface area contributed by atoms with Crippen molar-refractivity contribution in [3.05, 3.63) is 61.3 Å². The second-order valence-electron chi connectivity index (χ2n) is 2.76. The van der Waals surface area contributed by atoms with E-state index < -0.39 is 0 Å². The van der Waals surface area contributed by atoms with Gasteiger partial charge in [-0.15, -0.1) is 5.56 Å². The molecule has 1 aromatic rings. The topological polar surface area (TPSA) is 20.3 Å². The molecule has 0 saturated carbocycles. The van der Waals surface area contributed by atoms with Gasteiger partial charge in [0.15, 0.2) is 0 Å². The van der Waals surface area contributed by atoms with Crippen molar-refractivity contribution < 1.29 is 63.0 Å². The van der Waals surface area contributed by atoms with Crippen LogP contribution in [0.3, 0.4) is 0 Å². The minimum atomic E-state index is -0.146. The van der Waals surface area contributed by atoms with Gasteiger partial charge in [-0.1, -0.05) is 13.2 Å². The molecule has 0 aliphatic rings. The molecule has 0 atom stereocenters. The largest absolute Gasteiger partial charge is 1.00 e. The van der Waals surface area contributed by atoms with Crippen molar-refractivity contribution in [1.29, 1.82) is 0 Å². The molecule has 0 unspecified atom stereocenters. The van der Waals surface area contributed by atoms with Gasteiger partial charge >= 0.3 is 58.2 Å². The predicted octanol–water partition coefficient (Wildman–Crippen LogP) is -0.851. The first-order valence-electron chi connectivity index (χ1n) is 4.28. The van der Waals surface area contributed by atoms with Gasteiger partial charge in [-0.2, -0.15) is 30.3 Å². The van der Waals surface area contributed by atoms with Gasteiger partial charge in [-0.05, 0) is 6.08 Å². The van der Waals surface area contributed by atoms with Crippen LogP contribution in [-0.2, 0) is 11.3 Å². The molecule has 1 amide bonds. The third-order valence-electron chi connectivity index (χ3n) is 1.82. The number of nitrogens with zero attached hydrogens (tertiary/aromatic N) is 1. The van der Waals surface area contributed by atoms with Crippen molar-refractivity contribution >= 4 is 5.91 Å². The monoisotopic (exact) mass is 271 g/mol. The molecule has 0 aliphatic carbocycles. The second kappa shape index (κ2) is 8.16. The van der Waals surface area contributed by atoms with E-state index in [9.17, 15) is 4.79 Å². The summed E-state index contributed by atoms with van der Waals surface area (Å²) in [5, 5.41) is 0. The number of hydrogen-bond donors (Lipinski definition) is 0. The van der Waals surface area contributed by atoms with Crippen molar-refractivity contribution in [2.75, 3.05) is 0 Å². The molecule has 0 saturated heterocycles. The van der Waals surface area contributed by atoms with E-state index in [0.29, 0.717) is 6.54 Å². The van der Waals surface area contributed by atoms with Crippen molar-refractivity contribution in [1.82, 2.24) is 4.90 Å². The molecule has 3 heteroatoms. The van der Waals surface area contributed by atoms with E-state index in [0.717, 1.165) is 5.56 Å². The van der Waals surface area contributed by atoms with Crippen molar-refractivity contribution in [2.45, 2.75) is 6.54 Å². The SMILES string of the molecule is C=CC(=O)N(C=C)Cc1cc[c-]cc1.[Rb+]. The van der Waals surface area contributed by atoms with Crippen LogP contribution in [0.1, 0.15) is 5.56 Å². The number of carbonyl (C=O) groups is 1. The molecule has 0 heterocycles. The second-order valence-corrected chi connectivity index (χ2v) is 2.76. The Kier molecular flexibility index (Phi) is 8.15. The average Bonchev–Trinajstić information content (AvgIpc) is 2.26. The fraction of sp³-hybridized carbons (Fsp3) is 0.0833. The number of hydrogen-bond acceptors (Lipinski definition) is 1. The van der Waals surface area contributed by atoms with E-state index in [-0.39, 0.29) is 64.1 Å². The maximum absolute atomic E-state index is 11.3. The summed E-state index contributed by atoms with van der Waals surface area (Å²) in [4.78, 5) is 12.8. The van der Waals surface area contributed by atoms with Crippen LogP contribution < -0.4 is 58.2 Å². The molecule has 1 rings (SSSR count). The van der Waals surface area contributed by atoms with Gasteiger partial charge in [0.2, 0.25) is 5.91 Å².